The molecule has 136 valence electrons. The van der Waals surface area contributed by atoms with Crippen molar-refractivity contribution < 1.29 is 14.0 Å². The molecular formula is C21H23FN2O2. The van der Waals surface area contributed by atoms with Gasteiger partial charge in [0, 0.05) is 25.1 Å². The maximum Gasteiger partial charge on any atom is 0.227 e. The van der Waals surface area contributed by atoms with Crippen molar-refractivity contribution >= 4 is 23.2 Å². The Morgan fingerprint density at radius 3 is 2.50 bits per heavy atom. The highest BCUT2D eigenvalue weighted by Gasteiger charge is 2.24. The Labute approximate surface area is 153 Å². The molecule has 1 N–H and O–H groups in total. The van der Waals surface area contributed by atoms with Crippen LogP contribution in [0, 0.1) is 5.82 Å². The van der Waals surface area contributed by atoms with E-state index in [1.807, 2.05) is 12.1 Å². The predicted octanol–water partition coefficient (Wildman–Crippen LogP) is 4.09. The van der Waals surface area contributed by atoms with Crippen molar-refractivity contribution in [3.8, 4) is 0 Å². The Kier molecular flexibility index (Phi) is 5.66. The highest BCUT2D eigenvalue weighted by atomic mass is 19.1. The molecule has 0 saturated carbocycles. The molecule has 4 nitrogen and oxygen atoms in total. The lowest BCUT2D eigenvalue weighted by Gasteiger charge is -2.17. The average molecular weight is 354 g/mol. The monoisotopic (exact) mass is 354 g/mol. The van der Waals surface area contributed by atoms with E-state index in [4.69, 9.17) is 0 Å². The zero-order valence-corrected chi connectivity index (χ0v) is 14.9. The minimum Gasteiger partial charge on any atom is -0.326 e. The fourth-order valence-corrected chi connectivity index (χ4v) is 3.13. The Bertz CT molecular complexity index is 802. The quantitative estimate of drug-likeness (QED) is 0.849. The molecule has 3 rings (SSSR count). The number of hydrogen-bond donors (Lipinski definition) is 1. The van der Waals surface area contributed by atoms with E-state index in [0.717, 1.165) is 18.4 Å². The zero-order chi connectivity index (χ0) is 18.5. The molecule has 26 heavy (non-hydrogen) atoms. The van der Waals surface area contributed by atoms with E-state index < -0.39 is 5.82 Å². The molecule has 1 heterocycles. The van der Waals surface area contributed by atoms with Crippen LogP contribution in [-0.2, 0) is 22.4 Å². The molecule has 1 fully saturated rings. The summed E-state index contributed by atoms with van der Waals surface area (Å²) in [7, 11) is 0. The van der Waals surface area contributed by atoms with E-state index in [0.29, 0.717) is 31.5 Å². The summed E-state index contributed by atoms with van der Waals surface area (Å²) in [5.41, 5.74) is 3.06. The molecule has 1 saturated heterocycles. The van der Waals surface area contributed by atoms with Crippen molar-refractivity contribution in [3.05, 3.63) is 59.4 Å². The van der Waals surface area contributed by atoms with Crippen LogP contribution in [0.4, 0.5) is 15.8 Å². The number of amides is 2. The van der Waals surface area contributed by atoms with Gasteiger partial charge in [0.1, 0.15) is 5.82 Å². The van der Waals surface area contributed by atoms with E-state index in [9.17, 15) is 14.0 Å². The first-order valence-corrected chi connectivity index (χ1v) is 9.04. The van der Waals surface area contributed by atoms with E-state index in [2.05, 4.69) is 24.4 Å². The number of nitrogens with one attached hydrogen (secondary N) is 1. The minimum atomic E-state index is -0.492. The first-order chi connectivity index (χ1) is 12.6. The highest BCUT2D eigenvalue weighted by molar-refractivity contribution is 5.96. The maximum atomic E-state index is 14.3. The fourth-order valence-electron chi connectivity index (χ4n) is 3.13. The van der Waals surface area contributed by atoms with Crippen LogP contribution in [0.25, 0.3) is 0 Å². The summed E-state index contributed by atoms with van der Waals surface area (Å²) in [6.07, 6.45) is 3.16. The number of rotatable bonds is 6. The second kappa shape index (κ2) is 8.13. The maximum absolute atomic E-state index is 14.3. The van der Waals surface area contributed by atoms with E-state index >= 15 is 0 Å². The molecule has 2 amide bonds. The fraction of sp³-hybridized carbons (Fsp3) is 0.333. The summed E-state index contributed by atoms with van der Waals surface area (Å²) in [5, 5.41) is 2.72. The van der Waals surface area contributed by atoms with Gasteiger partial charge in [0.05, 0.1) is 5.69 Å². The summed E-state index contributed by atoms with van der Waals surface area (Å²) in [4.78, 5) is 25.3. The molecule has 1 aliphatic heterocycles. The molecule has 0 radical (unpaired) electrons. The van der Waals surface area contributed by atoms with E-state index in [1.165, 1.54) is 16.5 Å². The summed E-state index contributed by atoms with van der Waals surface area (Å²) < 4.78 is 14.3. The van der Waals surface area contributed by atoms with Gasteiger partial charge in [-0.2, -0.15) is 0 Å². The molecule has 1 aliphatic rings. The van der Waals surface area contributed by atoms with Gasteiger partial charge in [-0.3, -0.25) is 9.59 Å². The minimum absolute atomic E-state index is 0.0604. The first kappa shape index (κ1) is 18.1. The SMILES string of the molecule is CCc1ccc(CCC(=O)Nc2ccc(N3CCCC3=O)c(F)c2)cc1. The van der Waals surface area contributed by atoms with Crippen molar-refractivity contribution in [2.24, 2.45) is 0 Å². The summed E-state index contributed by atoms with van der Waals surface area (Å²) >= 11 is 0. The van der Waals surface area contributed by atoms with Gasteiger partial charge in [-0.05, 0) is 48.6 Å². The van der Waals surface area contributed by atoms with Crippen LogP contribution in [-0.4, -0.2) is 18.4 Å². The summed E-state index contributed by atoms with van der Waals surface area (Å²) in [5.74, 6) is -0.711. The van der Waals surface area contributed by atoms with Crippen LogP contribution < -0.4 is 10.2 Å². The average Bonchev–Trinajstić information content (AvgIpc) is 3.06. The number of benzene rings is 2. The molecule has 2 aromatic rings. The summed E-state index contributed by atoms with van der Waals surface area (Å²) in [6.45, 7) is 2.64. The largest absolute Gasteiger partial charge is 0.326 e. The standard InChI is InChI=1S/C21H23FN2O2/c1-2-15-5-7-16(8-6-15)9-12-20(25)23-17-10-11-19(18(22)14-17)24-13-3-4-21(24)26/h5-8,10-11,14H,2-4,9,12-13H2,1H3,(H,23,25). The Morgan fingerprint density at radius 2 is 1.88 bits per heavy atom. The van der Waals surface area contributed by atoms with Gasteiger partial charge < -0.3 is 10.2 Å². The van der Waals surface area contributed by atoms with Gasteiger partial charge in [0.15, 0.2) is 0 Å². The molecule has 0 aromatic heterocycles. The predicted molar refractivity (Wildman–Crippen MR) is 101 cm³/mol. The Balaban J connectivity index is 1.57. The van der Waals surface area contributed by atoms with Gasteiger partial charge in [0.25, 0.3) is 0 Å². The van der Waals surface area contributed by atoms with Crippen LogP contribution in [0.5, 0.6) is 0 Å². The van der Waals surface area contributed by atoms with E-state index in [1.54, 1.807) is 12.1 Å². The normalized spacial score (nSPS) is 13.9. The third kappa shape index (κ3) is 4.28. The number of anilines is 2. The van der Waals surface area contributed by atoms with Gasteiger partial charge >= 0.3 is 0 Å². The van der Waals surface area contributed by atoms with Crippen molar-refractivity contribution in [1.82, 2.24) is 0 Å². The van der Waals surface area contributed by atoms with Crippen molar-refractivity contribution in [3.63, 3.8) is 0 Å². The van der Waals surface area contributed by atoms with Crippen LogP contribution in [0.1, 0.15) is 37.3 Å². The third-order valence-electron chi connectivity index (χ3n) is 4.67. The number of halogens is 1. The lowest BCUT2D eigenvalue weighted by atomic mass is 10.1. The van der Waals surface area contributed by atoms with Crippen molar-refractivity contribution in [2.75, 3.05) is 16.8 Å². The number of nitrogens with zero attached hydrogens (tertiary/aromatic N) is 1. The van der Waals surface area contributed by atoms with Crippen LogP contribution in [0.2, 0.25) is 0 Å². The molecule has 0 bridgehead atoms. The lowest BCUT2D eigenvalue weighted by molar-refractivity contribution is -0.117. The van der Waals surface area contributed by atoms with Crippen molar-refractivity contribution in [2.45, 2.75) is 39.0 Å². The molecule has 5 heteroatoms. The second-order valence-electron chi connectivity index (χ2n) is 6.53. The van der Waals surface area contributed by atoms with Gasteiger partial charge in [-0.1, -0.05) is 31.2 Å². The first-order valence-electron chi connectivity index (χ1n) is 9.04. The Morgan fingerprint density at radius 1 is 1.15 bits per heavy atom. The lowest BCUT2D eigenvalue weighted by Crippen LogP contribution is -2.24. The molecule has 0 unspecified atom stereocenters. The third-order valence-corrected chi connectivity index (χ3v) is 4.67. The topological polar surface area (TPSA) is 49.4 Å². The summed E-state index contributed by atoms with van der Waals surface area (Å²) in [6, 6.07) is 12.7. The zero-order valence-electron chi connectivity index (χ0n) is 14.9. The van der Waals surface area contributed by atoms with Crippen LogP contribution in [0.3, 0.4) is 0 Å². The molecular weight excluding hydrogens is 331 g/mol. The van der Waals surface area contributed by atoms with Gasteiger partial charge in [0.2, 0.25) is 11.8 Å². The van der Waals surface area contributed by atoms with Crippen molar-refractivity contribution in [1.29, 1.82) is 0 Å². The molecule has 2 aromatic carbocycles. The second-order valence-corrected chi connectivity index (χ2v) is 6.53. The van der Waals surface area contributed by atoms with Crippen LogP contribution >= 0.6 is 0 Å². The number of aryl methyl sites for hydroxylation is 2. The number of hydrogen-bond acceptors (Lipinski definition) is 2. The number of carbonyl (C=O) groups excluding carboxylic acids is 2. The molecule has 0 atom stereocenters. The van der Waals surface area contributed by atoms with E-state index in [-0.39, 0.29) is 17.5 Å². The smallest absolute Gasteiger partial charge is 0.227 e. The Hall–Kier alpha value is -2.69. The highest BCUT2D eigenvalue weighted by Crippen LogP contribution is 2.26. The number of carbonyl (C=O) groups is 2. The van der Waals surface area contributed by atoms with Gasteiger partial charge in [-0.15, -0.1) is 0 Å². The van der Waals surface area contributed by atoms with Crippen LogP contribution in [0.15, 0.2) is 42.5 Å². The molecule has 0 aliphatic carbocycles. The van der Waals surface area contributed by atoms with Gasteiger partial charge in [-0.25, -0.2) is 4.39 Å². The molecule has 0 spiro atoms.